The van der Waals surface area contributed by atoms with Crippen molar-refractivity contribution in [2.75, 3.05) is 26.9 Å². The van der Waals surface area contributed by atoms with E-state index in [1.165, 1.54) is 0 Å². The van der Waals surface area contributed by atoms with Crippen LogP contribution in [0.5, 0.6) is 0 Å². The fourth-order valence-electron chi connectivity index (χ4n) is 1.49. The lowest BCUT2D eigenvalue weighted by molar-refractivity contribution is -0.140. The Labute approximate surface area is 108 Å². The third-order valence-corrected chi connectivity index (χ3v) is 2.48. The average Bonchev–Trinajstić information content (AvgIpc) is 2.26. The highest BCUT2D eigenvalue weighted by molar-refractivity contribution is 5.73. The summed E-state index contributed by atoms with van der Waals surface area (Å²) < 4.78 is 10.2. The summed E-state index contributed by atoms with van der Waals surface area (Å²) >= 11 is 0. The first kappa shape index (κ1) is 17.3. The average molecular weight is 263 g/mol. The third kappa shape index (κ3) is 7.60. The molecule has 0 aromatic heterocycles. The molecule has 0 bridgehead atoms. The molecule has 0 saturated carbocycles. The predicted octanol–water partition coefficient (Wildman–Crippen LogP) is 0.0976. The van der Waals surface area contributed by atoms with Gasteiger partial charge in [0.25, 0.3) is 0 Å². The van der Waals surface area contributed by atoms with Crippen LogP contribution in [0.2, 0.25) is 0 Å². The Balaban J connectivity index is 3.87. The van der Waals surface area contributed by atoms with E-state index in [1.54, 1.807) is 7.11 Å². The smallest absolute Gasteiger partial charge is 0.320 e. The van der Waals surface area contributed by atoms with Gasteiger partial charge in [-0.05, 0) is 12.8 Å². The Morgan fingerprint density at radius 1 is 1.28 bits per heavy atom. The van der Waals surface area contributed by atoms with E-state index in [4.69, 9.17) is 14.6 Å². The van der Waals surface area contributed by atoms with Gasteiger partial charge in [0.05, 0.1) is 25.4 Å². The second-order valence-corrected chi connectivity index (χ2v) is 4.72. The van der Waals surface area contributed by atoms with Crippen LogP contribution in [0.1, 0.15) is 20.8 Å². The molecule has 0 rings (SSSR count). The maximum atomic E-state index is 10.9. The van der Waals surface area contributed by atoms with Crippen molar-refractivity contribution in [1.82, 2.24) is 5.32 Å². The van der Waals surface area contributed by atoms with Crippen molar-refractivity contribution < 1.29 is 24.5 Å². The van der Waals surface area contributed by atoms with Gasteiger partial charge in [0, 0.05) is 13.7 Å². The summed E-state index contributed by atoms with van der Waals surface area (Å²) in [7, 11) is 1.58. The van der Waals surface area contributed by atoms with Crippen LogP contribution in [-0.4, -0.2) is 61.3 Å². The van der Waals surface area contributed by atoms with Crippen LogP contribution in [0.3, 0.4) is 0 Å². The highest BCUT2D eigenvalue weighted by Gasteiger charge is 2.21. The Bertz CT molecular complexity index is 235. The number of hydrogen-bond donors (Lipinski definition) is 3. The number of methoxy groups -OCH3 is 1. The number of carboxylic acids is 1. The van der Waals surface area contributed by atoms with E-state index in [0.29, 0.717) is 6.61 Å². The SMILES string of the molecule is COCC(C)OCC(O)CNC(C(=O)O)C(C)C. The summed E-state index contributed by atoms with van der Waals surface area (Å²) in [5.41, 5.74) is 0. The first-order valence-corrected chi connectivity index (χ1v) is 6.13. The van der Waals surface area contributed by atoms with Gasteiger partial charge in [0.2, 0.25) is 0 Å². The molecule has 0 radical (unpaired) electrons. The molecule has 0 fully saturated rings. The summed E-state index contributed by atoms with van der Waals surface area (Å²) in [6.45, 7) is 6.28. The molecule has 0 heterocycles. The van der Waals surface area contributed by atoms with Gasteiger partial charge in [-0.1, -0.05) is 13.8 Å². The molecule has 0 amide bonds. The second kappa shape index (κ2) is 9.27. The number of rotatable bonds is 10. The van der Waals surface area contributed by atoms with Gasteiger partial charge >= 0.3 is 5.97 Å². The number of nitrogens with one attached hydrogen (secondary N) is 1. The highest BCUT2D eigenvalue weighted by atomic mass is 16.5. The number of aliphatic hydroxyl groups is 1. The number of hydrogen-bond acceptors (Lipinski definition) is 5. The van der Waals surface area contributed by atoms with Gasteiger partial charge in [0.15, 0.2) is 0 Å². The summed E-state index contributed by atoms with van der Waals surface area (Å²) in [5.74, 6) is -0.950. The zero-order chi connectivity index (χ0) is 14.1. The number of carboxylic acid groups (broad SMARTS) is 1. The molecule has 18 heavy (non-hydrogen) atoms. The second-order valence-electron chi connectivity index (χ2n) is 4.72. The standard InChI is InChI=1S/C12H25NO5/c1-8(2)11(12(15)16)13-5-10(14)7-18-9(3)6-17-4/h8-11,13-14H,5-7H2,1-4H3,(H,15,16). The van der Waals surface area contributed by atoms with Crippen molar-refractivity contribution in [3.8, 4) is 0 Å². The third-order valence-electron chi connectivity index (χ3n) is 2.48. The van der Waals surface area contributed by atoms with Crippen LogP contribution in [0.15, 0.2) is 0 Å². The molecular formula is C12H25NO5. The quantitative estimate of drug-likeness (QED) is 0.518. The van der Waals surface area contributed by atoms with E-state index in [-0.39, 0.29) is 25.2 Å². The van der Waals surface area contributed by atoms with Crippen molar-refractivity contribution >= 4 is 5.97 Å². The van der Waals surface area contributed by atoms with Crippen LogP contribution >= 0.6 is 0 Å². The van der Waals surface area contributed by atoms with E-state index in [1.807, 2.05) is 20.8 Å². The Morgan fingerprint density at radius 2 is 1.89 bits per heavy atom. The summed E-state index contributed by atoms with van der Waals surface area (Å²) in [4.78, 5) is 10.9. The van der Waals surface area contributed by atoms with Crippen LogP contribution < -0.4 is 5.32 Å². The number of aliphatic carboxylic acids is 1. The largest absolute Gasteiger partial charge is 0.480 e. The molecule has 0 spiro atoms. The maximum Gasteiger partial charge on any atom is 0.320 e. The lowest BCUT2D eigenvalue weighted by atomic mass is 10.0. The van der Waals surface area contributed by atoms with Crippen molar-refractivity contribution in [1.29, 1.82) is 0 Å². The topological polar surface area (TPSA) is 88.0 Å². The summed E-state index contributed by atoms with van der Waals surface area (Å²) in [5, 5.41) is 21.4. The molecule has 3 unspecified atom stereocenters. The first-order chi connectivity index (χ1) is 8.38. The molecular weight excluding hydrogens is 238 g/mol. The molecule has 3 N–H and O–H groups in total. The molecule has 0 aliphatic carbocycles. The number of ether oxygens (including phenoxy) is 2. The monoisotopic (exact) mass is 263 g/mol. The van der Waals surface area contributed by atoms with E-state index in [2.05, 4.69) is 5.32 Å². The van der Waals surface area contributed by atoms with Crippen molar-refractivity contribution in [2.45, 2.75) is 39.0 Å². The highest BCUT2D eigenvalue weighted by Crippen LogP contribution is 2.02. The molecule has 0 aliphatic heterocycles. The van der Waals surface area contributed by atoms with Crippen molar-refractivity contribution in [3.05, 3.63) is 0 Å². The zero-order valence-corrected chi connectivity index (χ0v) is 11.5. The minimum atomic E-state index is -0.911. The fraction of sp³-hybridized carbons (Fsp3) is 0.917. The molecule has 6 nitrogen and oxygen atoms in total. The molecule has 0 aliphatic rings. The Hall–Kier alpha value is -0.690. The van der Waals surface area contributed by atoms with E-state index in [9.17, 15) is 9.90 Å². The van der Waals surface area contributed by atoms with Gasteiger partial charge in [-0.2, -0.15) is 0 Å². The summed E-state index contributed by atoms with van der Waals surface area (Å²) in [6, 6.07) is -0.656. The van der Waals surface area contributed by atoms with E-state index < -0.39 is 18.1 Å². The minimum Gasteiger partial charge on any atom is -0.480 e. The van der Waals surface area contributed by atoms with E-state index >= 15 is 0 Å². The maximum absolute atomic E-state index is 10.9. The van der Waals surface area contributed by atoms with E-state index in [0.717, 1.165) is 0 Å². The van der Waals surface area contributed by atoms with Crippen LogP contribution in [0.4, 0.5) is 0 Å². The lowest BCUT2D eigenvalue weighted by Gasteiger charge is -2.21. The molecule has 108 valence electrons. The normalized spacial score (nSPS) is 16.6. The minimum absolute atomic E-state index is 0.0389. The molecule has 3 atom stereocenters. The molecule has 0 saturated heterocycles. The van der Waals surface area contributed by atoms with Gasteiger partial charge in [0.1, 0.15) is 6.04 Å². The van der Waals surface area contributed by atoms with Gasteiger partial charge < -0.3 is 25.0 Å². The Kier molecular flexibility index (Phi) is 8.91. The van der Waals surface area contributed by atoms with Crippen molar-refractivity contribution in [3.63, 3.8) is 0 Å². The van der Waals surface area contributed by atoms with Crippen LogP contribution in [0, 0.1) is 5.92 Å². The predicted molar refractivity (Wildman–Crippen MR) is 67.6 cm³/mol. The molecule has 0 aromatic rings. The Morgan fingerprint density at radius 3 is 2.33 bits per heavy atom. The lowest BCUT2D eigenvalue weighted by Crippen LogP contribution is -2.45. The zero-order valence-electron chi connectivity index (χ0n) is 11.5. The molecule has 0 aromatic carbocycles. The summed E-state index contributed by atoms with van der Waals surface area (Å²) in [6.07, 6.45) is -0.824. The first-order valence-electron chi connectivity index (χ1n) is 6.13. The molecule has 6 heteroatoms. The number of carbonyl (C=O) groups is 1. The fourth-order valence-corrected chi connectivity index (χ4v) is 1.49. The van der Waals surface area contributed by atoms with Gasteiger partial charge in [-0.25, -0.2) is 0 Å². The van der Waals surface area contributed by atoms with Crippen molar-refractivity contribution in [2.24, 2.45) is 5.92 Å². The van der Waals surface area contributed by atoms with Gasteiger partial charge in [-0.3, -0.25) is 4.79 Å². The number of aliphatic hydroxyl groups excluding tert-OH is 1. The van der Waals surface area contributed by atoms with Crippen LogP contribution in [0.25, 0.3) is 0 Å². The van der Waals surface area contributed by atoms with Crippen LogP contribution in [-0.2, 0) is 14.3 Å². The van der Waals surface area contributed by atoms with Gasteiger partial charge in [-0.15, -0.1) is 0 Å².